The Morgan fingerprint density at radius 2 is 1.95 bits per heavy atom. The summed E-state index contributed by atoms with van der Waals surface area (Å²) in [5.41, 5.74) is 0.806. The Bertz CT molecular complexity index is 491. The monoisotopic (exact) mass is 277 g/mol. The zero-order valence-electron chi connectivity index (χ0n) is 11.5. The third kappa shape index (κ3) is 3.17. The molecule has 1 aliphatic rings. The van der Waals surface area contributed by atoms with Crippen LogP contribution in [0.1, 0.15) is 31.2 Å². The number of rotatable bonds is 7. The molecule has 0 heterocycles. The highest BCUT2D eigenvalue weighted by molar-refractivity contribution is 5.91. The van der Waals surface area contributed by atoms with Crippen LogP contribution < -0.4 is 5.32 Å². The van der Waals surface area contributed by atoms with Crippen molar-refractivity contribution in [1.29, 1.82) is 0 Å². The molecule has 0 aromatic heterocycles. The first-order chi connectivity index (χ1) is 9.58. The van der Waals surface area contributed by atoms with Crippen LogP contribution in [0.15, 0.2) is 24.3 Å². The Labute approximate surface area is 117 Å². The van der Waals surface area contributed by atoms with Crippen LogP contribution in [0.2, 0.25) is 0 Å². The van der Waals surface area contributed by atoms with Crippen molar-refractivity contribution in [2.45, 2.75) is 31.1 Å². The highest BCUT2D eigenvalue weighted by atomic mass is 16.5. The van der Waals surface area contributed by atoms with Crippen LogP contribution in [0.25, 0.3) is 0 Å². The van der Waals surface area contributed by atoms with E-state index in [-0.39, 0.29) is 5.91 Å². The summed E-state index contributed by atoms with van der Waals surface area (Å²) in [6.07, 6.45) is 2.47. The second-order valence-electron chi connectivity index (χ2n) is 5.11. The van der Waals surface area contributed by atoms with Crippen LogP contribution in [-0.2, 0) is 19.7 Å². The summed E-state index contributed by atoms with van der Waals surface area (Å²) < 4.78 is 4.89. The molecule has 1 aliphatic carbocycles. The molecule has 5 heteroatoms. The predicted octanol–water partition coefficient (Wildman–Crippen LogP) is 2.17. The van der Waals surface area contributed by atoms with Crippen LogP contribution in [0.5, 0.6) is 0 Å². The summed E-state index contributed by atoms with van der Waals surface area (Å²) in [5, 5.41) is 12.0. The molecule has 1 saturated carbocycles. The van der Waals surface area contributed by atoms with E-state index >= 15 is 0 Å². The Morgan fingerprint density at radius 1 is 1.30 bits per heavy atom. The van der Waals surface area contributed by atoms with E-state index in [0.717, 1.165) is 5.56 Å². The van der Waals surface area contributed by atoms with Crippen molar-refractivity contribution in [2.75, 3.05) is 19.0 Å². The van der Waals surface area contributed by atoms with Gasteiger partial charge in [0.15, 0.2) is 0 Å². The minimum absolute atomic E-state index is 0.0610. The first-order valence-electron chi connectivity index (χ1n) is 6.71. The molecule has 108 valence electrons. The molecular weight excluding hydrogens is 258 g/mol. The van der Waals surface area contributed by atoms with E-state index in [9.17, 15) is 14.7 Å². The minimum atomic E-state index is -0.770. The van der Waals surface area contributed by atoms with Gasteiger partial charge >= 0.3 is 5.97 Å². The fourth-order valence-electron chi connectivity index (χ4n) is 2.22. The van der Waals surface area contributed by atoms with Crippen molar-refractivity contribution < 1.29 is 19.4 Å². The number of carbonyl (C=O) groups excluding carboxylic acids is 1. The summed E-state index contributed by atoms with van der Waals surface area (Å²) >= 11 is 0. The van der Waals surface area contributed by atoms with Crippen LogP contribution >= 0.6 is 0 Å². The lowest BCUT2D eigenvalue weighted by Gasteiger charge is -2.11. The lowest BCUT2D eigenvalue weighted by molar-refractivity contribution is -0.140. The number of carbonyl (C=O) groups is 2. The fourth-order valence-corrected chi connectivity index (χ4v) is 2.22. The smallest absolute Gasteiger partial charge is 0.314 e. The van der Waals surface area contributed by atoms with Gasteiger partial charge in [-0.15, -0.1) is 0 Å². The molecule has 1 aromatic rings. The van der Waals surface area contributed by atoms with E-state index < -0.39 is 11.4 Å². The molecule has 20 heavy (non-hydrogen) atoms. The number of methoxy groups -OCH3 is 1. The first kappa shape index (κ1) is 14.5. The molecule has 1 aromatic carbocycles. The van der Waals surface area contributed by atoms with Crippen molar-refractivity contribution in [1.82, 2.24) is 0 Å². The number of aliphatic carboxylic acids is 1. The van der Waals surface area contributed by atoms with Gasteiger partial charge < -0.3 is 15.2 Å². The number of hydrogen-bond donors (Lipinski definition) is 2. The summed E-state index contributed by atoms with van der Waals surface area (Å²) in [7, 11) is 1.60. The molecule has 1 fully saturated rings. The lowest BCUT2D eigenvalue weighted by atomic mass is 9.96. The number of benzene rings is 1. The summed E-state index contributed by atoms with van der Waals surface area (Å²) in [5.74, 6) is -0.831. The van der Waals surface area contributed by atoms with E-state index in [1.165, 1.54) is 0 Å². The minimum Gasteiger partial charge on any atom is -0.481 e. The molecule has 5 nitrogen and oxygen atoms in total. The third-order valence-electron chi connectivity index (χ3n) is 3.63. The van der Waals surface area contributed by atoms with Crippen molar-refractivity contribution >= 4 is 17.6 Å². The van der Waals surface area contributed by atoms with Crippen molar-refractivity contribution in [3.8, 4) is 0 Å². The van der Waals surface area contributed by atoms with E-state index in [4.69, 9.17) is 4.74 Å². The molecule has 0 radical (unpaired) electrons. The first-order valence-corrected chi connectivity index (χ1v) is 6.71. The van der Waals surface area contributed by atoms with E-state index in [1.54, 1.807) is 31.4 Å². The molecule has 0 spiro atoms. The maximum absolute atomic E-state index is 11.6. The second kappa shape index (κ2) is 6.05. The van der Waals surface area contributed by atoms with Crippen LogP contribution in [0.4, 0.5) is 5.69 Å². The highest BCUT2D eigenvalue weighted by Gasteiger charge is 2.51. The topological polar surface area (TPSA) is 75.6 Å². The second-order valence-corrected chi connectivity index (χ2v) is 5.11. The number of nitrogens with one attached hydrogen (secondary N) is 1. The summed E-state index contributed by atoms with van der Waals surface area (Å²) in [6, 6.07) is 7.08. The molecule has 0 bridgehead atoms. The van der Waals surface area contributed by atoms with Gasteiger partial charge in [-0.1, -0.05) is 12.1 Å². The average Bonchev–Trinajstić information content (AvgIpc) is 3.21. The molecular formula is C15H19NO4. The predicted molar refractivity (Wildman–Crippen MR) is 74.7 cm³/mol. The Balaban J connectivity index is 1.92. The molecule has 0 aliphatic heterocycles. The number of hydrogen-bond acceptors (Lipinski definition) is 3. The van der Waals surface area contributed by atoms with Crippen LogP contribution in [0, 0.1) is 0 Å². The SMILES string of the molecule is COCCCC(=O)Nc1ccc(C2(C(=O)O)CC2)cc1. The van der Waals surface area contributed by atoms with E-state index in [1.807, 2.05) is 0 Å². The van der Waals surface area contributed by atoms with Crippen molar-refractivity contribution in [3.05, 3.63) is 29.8 Å². The number of ether oxygens (including phenoxy) is 1. The van der Waals surface area contributed by atoms with E-state index in [2.05, 4.69) is 5.32 Å². The quantitative estimate of drug-likeness (QED) is 0.749. The zero-order chi connectivity index (χ0) is 14.6. The fraction of sp³-hybridized carbons (Fsp3) is 0.467. The lowest BCUT2D eigenvalue weighted by Crippen LogP contribution is -2.19. The molecule has 1 amide bonds. The average molecular weight is 277 g/mol. The van der Waals surface area contributed by atoms with Gasteiger partial charge in [0, 0.05) is 25.8 Å². The van der Waals surface area contributed by atoms with Gasteiger partial charge in [0.05, 0.1) is 5.41 Å². The Kier molecular flexibility index (Phi) is 4.39. The maximum Gasteiger partial charge on any atom is 0.314 e. The normalized spacial score (nSPS) is 15.7. The van der Waals surface area contributed by atoms with Crippen LogP contribution in [-0.4, -0.2) is 30.7 Å². The van der Waals surface area contributed by atoms with Gasteiger partial charge in [0.2, 0.25) is 5.91 Å². The number of carboxylic acids is 1. The molecule has 0 atom stereocenters. The largest absolute Gasteiger partial charge is 0.481 e. The maximum atomic E-state index is 11.6. The highest BCUT2D eigenvalue weighted by Crippen LogP contribution is 2.48. The summed E-state index contributed by atoms with van der Waals surface area (Å²) in [4.78, 5) is 22.8. The number of anilines is 1. The van der Waals surface area contributed by atoms with Crippen molar-refractivity contribution in [3.63, 3.8) is 0 Å². The Morgan fingerprint density at radius 3 is 2.45 bits per heavy atom. The van der Waals surface area contributed by atoms with Gasteiger partial charge in [0.25, 0.3) is 0 Å². The zero-order valence-corrected chi connectivity index (χ0v) is 11.5. The number of amides is 1. The van der Waals surface area contributed by atoms with Gasteiger partial charge in [-0.3, -0.25) is 9.59 Å². The molecule has 0 saturated heterocycles. The van der Waals surface area contributed by atoms with Crippen molar-refractivity contribution in [2.24, 2.45) is 0 Å². The standard InChI is InChI=1S/C15H19NO4/c1-20-10-2-3-13(17)16-12-6-4-11(5-7-12)15(8-9-15)14(18)19/h4-7H,2-3,8-10H2,1H3,(H,16,17)(H,18,19). The van der Waals surface area contributed by atoms with E-state index in [0.29, 0.717) is 38.0 Å². The van der Waals surface area contributed by atoms with Gasteiger partial charge in [-0.25, -0.2) is 0 Å². The van der Waals surface area contributed by atoms with Crippen LogP contribution in [0.3, 0.4) is 0 Å². The Hall–Kier alpha value is -1.88. The third-order valence-corrected chi connectivity index (χ3v) is 3.63. The molecule has 2 rings (SSSR count). The summed E-state index contributed by atoms with van der Waals surface area (Å²) in [6.45, 7) is 0.563. The van der Waals surface area contributed by atoms with Gasteiger partial charge in [0.1, 0.15) is 0 Å². The van der Waals surface area contributed by atoms with Gasteiger partial charge in [-0.2, -0.15) is 0 Å². The molecule has 2 N–H and O–H groups in total. The van der Waals surface area contributed by atoms with Gasteiger partial charge in [-0.05, 0) is 37.0 Å². The number of carboxylic acid groups (broad SMARTS) is 1. The molecule has 0 unspecified atom stereocenters.